The van der Waals surface area contributed by atoms with Crippen LogP contribution in [-0.2, 0) is 4.79 Å². The smallest absolute Gasteiger partial charge is 0.312 e. The Morgan fingerprint density at radius 1 is 1.03 bits per heavy atom. The van der Waals surface area contributed by atoms with Crippen molar-refractivity contribution in [1.82, 2.24) is 0 Å². The number of hydrogen-bond donors (Lipinski definition) is 1. The first kappa shape index (κ1) is 21.7. The number of carbonyl (C=O) groups is 2. The van der Waals surface area contributed by atoms with E-state index in [0.29, 0.717) is 27.8 Å². The highest BCUT2D eigenvalue weighted by atomic mass is 16.5. The van der Waals surface area contributed by atoms with E-state index in [1.807, 2.05) is 0 Å². The van der Waals surface area contributed by atoms with Crippen molar-refractivity contribution < 1.29 is 33.3 Å². The molecule has 8 heteroatoms. The number of benzene rings is 3. The number of phenols is 1. The first-order valence-corrected chi connectivity index (χ1v) is 11.1. The van der Waals surface area contributed by atoms with Gasteiger partial charge < -0.3 is 23.7 Å². The average molecular weight is 482 g/mol. The molecule has 1 unspecified atom stereocenters. The summed E-state index contributed by atoms with van der Waals surface area (Å²) in [6.07, 6.45) is 2.74. The van der Waals surface area contributed by atoms with Gasteiger partial charge in [-0.15, -0.1) is 0 Å². The van der Waals surface area contributed by atoms with Crippen LogP contribution in [0.25, 0.3) is 17.0 Å². The highest BCUT2D eigenvalue weighted by molar-refractivity contribution is 6.15. The van der Waals surface area contributed by atoms with Crippen LogP contribution in [0.1, 0.15) is 39.4 Å². The second-order valence-electron chi connectivity index (χ2n) is 8.47. The lowest BCUT2D eigenvalue weighted by atomic mass is 9.85. The number of esters is 1. The largest absolute Gasteiger partial charge is 0.504 e. The van der Waals surface area contributed by atoms with Crippen molar-refractivity contribution in [2.24, 2.45) is 0 Å². The molecule has 2 aliphatic heterocycles. The Labute approximate surface area is 204 Å². The minimum Gasteiger partial charge on any atom is -0.504 e. The van der Waals surface area contributed by atoms with E-state index in [2.05, 4.69) is 0 Å². The molecule has 3 heterocycles. The molecule has 0 saturated carbocycles. The van der Waals surface area contributed by atoms with Crippen LogP contribution < -0.4 is 19.6 Å². The molecule has 3 aromatic carbocycles. The summed E-state index contributed by atoms with van der Waals surface area (Å²) in [4.78, 5) is 38.9. The van der Waals surface area contributed by atoms with E-state index in [4.69, 9.17) is 18.6 Å². The van der Waals surface area contributed by atoms with Gasteiger partial charge in [-0.25, -0.2) is 0 Å². The fourth-order valence-corrected chi connectivity index (χ4v) is 4.65. The third-order valence-electron chi connectivity index (χ3n) is 6.36. The molecular weight excluding hydrogens is 464 g/mol. The summed E-state index contributed by atoms with van der Waals surface area (Å²) in [5.74, 6) is -0.906. The zero-order chi connectivity index (χ0) is 25.0. The first-order chi connectivity index (χ1) is 17.4. The highest BCUT2D eigenvalue weighted by Gasteiger charge is 2.39. The van der Waals surface area contributed by atoms with Crippen LogP contribution in [0.5, 0.6) is 23.0 Å². The molecule has 1 N–H and O–H groups in total. The number of phenolic OH excluding ortho intramolecular Hbond substituents is 1. The number of allylic oxidation sites excluding steroid dienone is 1. The molecule has 0 bridgehead atoms. The molecule has 8 nitrogen and oxygen atoms in total. The second-order valence-corrected chi connectivity index (χ2v) is 8.47. The number of ketones is 1. The summed E-state index contributed by atoms with van der Waals surface area (Å²) in [5.41, 5.74) is 1.68. The summed E-state index contributed by atoms with van der Waals surface area (Å²) in [7, 11) is 1.44. The third-order valence-corrected chi connectivity index (χ3v) is 6.36. The Morgan fingerprint density at radius 3 is 2.67 bits per heavy atom. The van der Waals surface area contributed by atoms with Crippen LogP contribution >= 0.6 is 0 Å². The molecule has 0 radical (unpaired) electrons. The molecule has 2 aliphatic rings. The standard InChI is InChI=1S/C28H18O8/c1-33-21-8-6-14(10-19(21)29)11-23-27(32)16-7-9-22-25(28(16)36-23)17(12-24(30)35-22)18-13-34-20-5-3-2-4-15(20)26(18)31/h2-11,13,17,29H,12H2,1H3/b23-11-. The number of ether oxygens (including phenoxy) is 3. The van der Waals surface area contributed by atoms with E-state index in [9.17, 15) is 19.5 Å². The highest BCUT2D eigenvalue weighted by Crippen LogP contribution is 2.48. The maximum absolute atomic E-state index is 13.3. The molecule has 4 aromatic rings. The summed E-state index contributed by atoms with van der Waals surface area (Å²) in [6.45, 7) is 0. The van der Waals surface area contributed by atoms with E-state index in [1.165, 1.54) is 37.6 Å². The predicted octanol–water partition coefficient (Wildman–Crippen LogP) is 4.56. The third kappa shape index (κ3) is 3.34. The van der Waals surface area contributed by atoms with Gasteiger partial charge in [0.25, 0.3) is 0 Å². The Bertz CT molecular complexity index is 1680. The van der Waals surface area contributed by atoms with Gasteiger partial charge in [0.1, 0.15) is 17.1 Å². The Morgan fingerprint density at radius 2 is 1.86 bits per heavy atom. The minimum atomic E-state index is -0.728. The molecule has 36 heavy (non-hydrogen) atoms. The predicted molar refractivity (Wildman–Crippen MR) is 129 cm³/mol. The number of fused-ring (bicyclic) bond motifs is 4. The summed E-state index contributed by atoms with van der Waals surface area (Å²) in [5, 5.41) is 10.5. The number of carbonyl (C=O) groups excluding carboxylic acids is 2. The molecule has 0 saturated heterocycles. The van der Waals surface area contributed by atoms with Crippen LogP contribution in [-0.4, -0.2) is 24.0 Å². The molecule has 0 aliphatic carbocycles. The van der Waals surface area contributed by atoms with Gasteiger partial charge in [0.15, 0.2) is 22.7 Å². The molecule has 0 amide bonds. The number of methoxy groups -OCH3 is 1. The van der Waals surface area contributed by atoms with Gasteiger partial charge in [-0.3, -0.25) is 14.4 Å². The second kappa shape index (κ2) is 8.13. The van der Waals surface area contributed by atoms with Crippen molar-refractivity contribution in [3.05, 3.63) is 99.1 Å². The van der Waals surface area contributed by atoms with Crippen molar-refractivity contribution >= 4 is 28.8 Å². The molecule has 0 fully saturated rings. The van der Waals surface area contributed by atoms with Gasteiger partial charge in [-0.05, 0) is 48.0 Å². The minimum absolute atomic E-state index is 0.0316. The Hall–Kier alpha value is -4.85. The molecule has 178 valence electrons. The van der Waals surface area contributed by atoms with Gasteiger partial charge in [0.2, 0.25) is 5.78 Å². The number of hydrogen-bond acceptors (Lipinski definition) is 8. The average Bonchev–Trinajstić information content (AvgIpc) is 3.19. The Kier molecular flexibility index (Phi) is 4.89. The SMILES string of the molecule is COc1ccc(/C=C2\Oc3c(ccc4c3C(c3coc5ccccc5c3=O)CC(=O)O4)C2=O)cc1O. The Balaban J connectivity index is 1.47. The van der Waals surface area contributed by atoms with Crippen molar-refractivity contribution in [3.8, 4) is 23.0 Å². The van der Waals surface area contributed by atoms with Crippen molar-refractivity contribution in [3.63, 3.8) is 0 Å². The number of aromatic hydroxyl groups is 1. The van der Waals surface area contributed by atoms with Gasteiger partial charge >= 0.3 is 5.97 Å². The molecule has 0 spiro atoms. The quantitative estimate of drug-likeness (QED) is 0.257. The topological polar surface area (TPSA) is 112 Å². The maximum Gasteiger partial charge on any atom is 0.312 e. The zero-order valence-electron chi connectivity index (χ0n) is 18.9. The van der Waals surface area contributed by atoms with Gasteiger partial charge in [-0.1, -0.05) is 18.2 Å². The molecule has 1 aromatic heterocycles. The van der Waals surface area contributed by atoms with Gasteiger partial charge in [0.05, 0.1) is 30.7 Å². The first-order valence-electron chi connectivity index (χ1n) is 11.1. The van der Waals surface area contributed by atoms with Crippen LogP contribution in [0.2, 0.25) is 0 Å². The normalized spacial score (nSPS) is 17.5. The molecule has 6 rings (SSSR count). The summed E-state index contributed by atoms with van der Waals surface area (Å²) < 4.78 is 22.2. The lowest BCUT2D eigenvalue weighted by molar-refractivity contribution is -0.135. The number of para-hydroxylation sites is 1. The molecule has 1 atom stereocenters. The number of rotatable bonds is 3. The van der Waals surface area contributed by atoms with E-state index < -0.39 is 11.9 Å². The fourth-order valence-electron chi connectivity index (χ4n) is 4.65. The number of Topliss-reactive ketones (excluding diaryl/α,β-unsaturated/α-hetero) is 1. The summed E-state index contributed by atoms with van der Waals surface area (Å²) in [6, 6.07) is 14.6. The lowest BCUT2D eigenvalue weighted by Crippen LogP contribution is -2.25. The van der Waals surface area contributed by atoms with Crippen LogP contribution in [0.15, 0.2) is 75.8 Å². The van der Waals surface area contributed by atoms with Crippen LogP contribution in [0.4, 0.5) is 0 Å². The van der Waals surface area contributed by atoms with E-state index in [0.717, 1.165) is 0 Å². The lowest BCUT2D eigenvalue weighted by Gasteiger charge is -2.25. The van der Waals surface area contributed by atoms with Crippen molar-refractivity contribution in [2.75, 3.05) is 7.11 Å². The monoisotopic (exact) mass is 482 g/mol. The van der Waals surface area contributed by atoms with Crippen molar-refractivity contribution in [1.29, 1.82) is 0 Å². The van der Waals surface area contributed by atoms with Crippen molar-refractivity contribution in [2.45, 2.75) is 12.3 Å². The fraction of sp³-hybridized carbons (Fsp3) is 0.107. The van der Waals surface area contributed by atoms with Crippen LogP contribution in [0.3, 0.4) is 0 Å². The van der Waals surface area contributed by atoms with Gasteiger partial charge in [0, 0.05) is 17.0 Å². The molecular formula is C28H18O8. The van der Waals surface area contributed by atoms with E-state index >= 15 is 0 Å². The van der Waals surface area contributed by atoms with E-state index in [-0.39, 0.29) is 51.8 Å². The van der Waals surface area contributed by atoms with E-state index in [1.54, 1.807) is 36.4 Å². The summed E-state index contributed by atoms with van der Waals surface area (Å²) >= 11 is 0. The van der Waals surface area contributed by atoms with Crippen LogP contribution in [0, 0.1) is 0 Å². The zero-order valence-corrected chi connectivity index (χ0v) is 18.9. The van der Waals surface area contributed by atoms with Gasteiger partial charge in [-0.2, -0.15) is 0 Å². The maximum atomic E-state index is 13.3.